The highest BCUT2D eigenvalue weighted by Gasteiger charge is 2.01. The molecule has 128 valence electrons. The van der Waals surface area contributed by atoms with Gasteiger partial charge in [0, 0.05) is 25.9 Å². The van der Waals surface area contributed by atoms with Crippen molar-refractivity contribution in [1.82, 2.24) is 10.6 Å². The van der Waals surface area contributed by atoms with Crippen molar-refractivity contribution in [2.45, 2.75) is 33.1 Å². The van der Waals surface area contributed by atoms with Crippen LogP contribution in [0.25, 0.3) is 0 Å². The van der Waals surface area contributed by atoms with Gasteiger partial charge in [-0.2, -0.15) is 0 Å². The summed E-state index contributed by atoms with van der Waals surface area (Å²) >= 11 is 0. The van der Waals surface area contributed by atoms with Crippen LogP contribution in [0.3, 0.4) is 0 Å². The molecule has 0 saturated heterocycles. The number of rotatable bonds is 11. The Balaban J connectivity index is 0. The number of sulfone groups is 1. The zero-order valence-electron chi connectivity index (χ0n) is 13.4. The number of unbranched alkanes of at least 4 members (excludes halogenated alkanes) is 2. The Bertz CT molecular complexity index is 362. The van der Waals surface area contributed by atoms with E-state index in [4.69, 9.17) is 4.74 Å². The third kappa shape index (κ3) is 17.9. The van der Waals surface area contributed by atoms with E-state index in [0.717, 1.165) is 25.5 Å². The number of aliphatic imine (C=N–C) groups is 1. The number of hydrogen-bond donors (Lipinski definition) is 2. The van der Waals surface area contributed by atoms with Crippen LogP contribution in [0.4, 0.5) is 0 Å². The first-order valence-electron chi connectivity index (χ1n) is 7.27. The number of nitrogens with zero attached hydrogens (tertiary/aromatic N) is 1. The van der Waals surface area contributed by atoms with E-state index in [1.807, 2.05) is 6.92 Å². The molecule has 0 rings (SSSR count). The second kappa shape index (κ2) is 14.8. The summed E-state index contributed by atoms with van der Waals surface area (Å²) in [5, 5.41) is 6.32. The lowest BCUT2D eigenvalue weighted by molar-refractivity contribution is 0.154. The molecule has 0 saturated carbocycles. The number of ether oxygens (including phenoxy) is 1. The topological polar surface area (TPSA) is 79.8 Å². The summed E-state index contributed by atoms with van der Waals surface area (Å²) in [5.41, 5.74) is 0. The molecule has 2 N–H and O–H groups in total. The van der Waals surface area contributed by atoms with Crippen LogP contribution >= 0.6 is 24.0 Å². The Morgan fingerprint density at radius 2 is 1.86 bits per heavy atom. The Morgan fingerprint density at radius 3 is 2.43 bits per heavy atom. The van der Waals surface area contributed by atoms with Gasteiger partial charge in [0.05, 0.1) is 19.0 Å². The molecule has 8 heteroatoms. The van der Waals surface area contributed by atoms with Crippen LogP contribution in [0, 0.1) is 0 Å². The van der Waals surface area contributed by atoms with Crippen molar-refractivity contribution in [2.24, 2.45) is 4.99 Å². The highest BCUT2D eigenvalue weighted by Crippen LogP contribution is 1.93. The molecule has 0 spiro atoms. The van der Waals surface area contributed by atoms with Crippen molar-refractivity contribution in [2.75, 3.05) is 44.9 Å². The number of nitrogens with one attached hydrogen (secondary N) is 2. The minimum absolute atomic E-state index is 0. The van der Waals surface area contributed by atoms with Crippen LogP contribution < -0.4 is 10.6 Å². The van der Waals surface area contributed by atoms with Crippen molar-refractivity contribution < 1.29 is 13.2 Å². The maximum absolute atomic E-state index is 10.9. The lowest BCUT2D eigenvalue weighted by Crippen LogP contribution is -2.39. The van der Waals surface area contributed by atoms with Crippen molar-refractivity contribution in [1.29, 1.82) is 0 Å². The smallest absolute Gasteiger partial charge is 0.191 e. The Morgan fingerprint density at radius 1 is 1.14 bits per heavy atom. The largest absolute Gasteiger partial charge is 0.379 e. The van der Waals surface area contributed by atoms with E-state index in [1.54, 1.807) is 0 Å². The van der Waals surface area contributed by atoms with Gasteiger partial charge in [-0.1, -0.05) is 19.8 Å². The van der Waals surface area contributed by atoms with Gasteiger partial charge in [0.1, 0.15) is 9.84 Å². The molecular weight excluding hydrogens is 405 g/mol. The molecule has 6 nitrogen and oxygen atoms in total. The fourth-order valence-electron chi connectivity index (χ4n) is 1.45. The number of guanidine groups is 1. The molecule has 0 radical (unpaired) electrons. The van der Waals surface area contributed by atoms with E-state index in [2.05, 4.69) is 22.5 Å². The summed E-state index contributed by atoms with van der Waals surface area (Å²) in [7, 11) is -2.94. The minimum atomic E-state index is -2.94. The van der Waals surface area contributed by atoms with Crippen LogP contribution in [0.15, 0.2) is 4.99 Å². The molecule has 0 aromatic rings. The fraction of sp³-hybridized carbons (Fsp3) is 0.923. The molecule has 0 unspecified atom stereocenters. The molecule has 0 fully saturated rings. The lowest BCUT2D eigenvalue weighted by Gasteiger charge is -2.11. The molecule has 0 aromatic carbocycles. The van der Waals surface area contributed by atoms with E-state index < -0.39 is 9.84 Å². The van der Waals surface area contributed by atoms with Crippen molar-refractivity contribution in [3.8, 4) is 0 Å². The zero-order chi connectivity index (χ0) is 15.3. The number of halogens is 1. The van der Waals surface area contributed by atoms with Crippen LogP contribution in [0.1, 0.15) is 33.1 Å². The van der Waals surface area contributed by atoms with Crippen LogP contribution in [-0.4, -0.2) is 59.2 Å². The Kier molecular flexibility index (Phi) is 16.4. The first-order chi connectivity index (χ1) is 9.49. The summed E-state index contributed by atoms with van der Waals surface area (Å²) in [6.45, 7) is 7.14. The second-order valence-corrected chi connectivity index (χ2v) is 6.90. The zero-order valence-corrected chi connectivity index (χ0v) is 16.5. The van der Waals surface area contributed by atoms with Gasteiger partial charge in [0.15, 0.2) is 5.96 Å². The predicted octanol–water partition coefficient (Wildman–Crippen LogP) is 1.41. The van der Waals surface area contributed by atoms with Gasteiger partial charge in [-0.25, -0.2) is 8.42 Å². The minimum Gasteiger partial charge on any atom is -0.379 e. The van der Waals surface area contributed by atoms with Gasteiger partial charge in [-0.05, 0) is 13.3 Å². The predicted molar refractivity (Wildman–Crippen MR) is 99.5 cm³/mol. The van der Waals surface area contributed by atoms with E-state index >= 15 is 0 Å². The van der Waals surface area contributed by atoms with Gasteiger partial charge in [-0.3, -0.25) is 4.99 Å². The maximum atomic E-state index is 10.9. The molecule has 0 atom stereocenters. The third-order valence-corrected chi connectivity index (χ3v) is 3.42. The van der Waals surface area contributed by atoms with Crippen molar-refractivity contribution >= 4 is 39.8 Å². The average molecular weight is 435 g/mol. The van der Waals surface area contributed by atoms with Gasteiger partial charge in [-0.15, -0.1) is 24.0 Å². The highest BCUT2D eigenvalue weighted by molar-refractivity contribution is 14.0. The monoisotopic (exact) mass is 435 g/mol. The molecule has 0 aliphatic heterocycles. The van der Waals surface area contributed by atoms with Gasteiger partial charge in [0.2, 0.25) is 0 Å². The summed E-state index contributed by atoms with van der Waals surface area (Å²) in [6.07, 6.45) is 4.68. The van der Waals surface area contributed by atoms with Gasteiger partial charge >= 0.3 is 0 Å². The standard InChI is InChI=1S/C13H29N3O3S.HI/c1-4-6-7-8-15-13(14-5-2)16-9-10-19-11-12-20(3,17)18;/h4-12H2,1-3H3,(H2,14,15,16);1H. The quantitative estimate of drug-likeness (QED) is 0.222. The Hall–Kier alpha value is -0.0900. The van der Waals surface area contributed by atoms with Crippen molar-refractivity contribution in [3.63, 3.8) is 0 Å². The van der Waals surface area contributed by atoms with Gasteiger partial charge in [0.25, 0.3) is 0 Å². The van der Waals surface area contributed by atoms with Crippen LogP contribution in [0.2, 0.25) is 0 Å². The number of hydrogen-bond acceptors (Lipinski definition) is 4. The molecule has 0 aliphatic carbocycles. The normalized spacial score (nSPS) is 11.9. The van der Waals surface area contributed by atoms with E-state index in [9.17, 15) is 8.42 Å². The molecule has 0 bridgehead atoms. The Labute approximate surface area is 146 Å². The fourth-order valence-corrected chi connectivity index (χ4v) is 1.87. The first kappa shape index (κ1) is 23.2. The van der Waals surface area contributed by atoms with Crippen molar-refractivity contribution in [3.05, 3.63) is 0 Å². The molecule has 0 amide bonds. The van der Waals surface area contributed by atoms with E-state index in [0.29, 0.717) is 13.2 Å². The van der Waals surface area contributed by atoms with Gasteiger partial charge < -0.3 is 15.4 Å². The second-order valence-electron chi connectivity index (χ2n) is 4.64. The average Bonchev–Trinajstić information content (AvgIpc) is 2.37. The summed E-state index contributed by atoms with van der Waals surface area (Å²) in [4.78, 5) is 4.45. The summed E-state index contributed by atoms with van der Waals surface area (Å²) in [5.74, 6) is 0.855. The van der Waals surface area contributed by atoms with E-state index in [-0.39, 0.29) is 36.3 Å². The molecule has 0 heterocycles. The third-order valence-electron chi connectivity index (χ3n) is 2.51. The summed E-state index contributed by atoms with van der Waals surface area (Å²) < 4.78 is 27.1. The molecular formula is C13H30IN3O3S. The molecule has 0 aromatic heterocycles. The lowest BCUT2D eigenvalue weighted by atomic mass is 10.2. The first-order valence-corrected chi connectivity index (χ1v) is 9.33. The maximum Gasteiger partial charge on any atom is 0.191 e. The summed E-state index contributed by atoms with van der Waals surface area (Å²) in [6, 6.07) is 0. The molecule has 21 heavy (non-hydrogen) atoms. The van der Waals surface area contributed by atoms with Crippen LogP contribution in [-0.2, 0) is 14.6 Å². The van der Waals surface area contributed by atoms with Crippen LogP contribution in [0.5, 0.6) is 0 Å². The van der Waals surface area contributed by atoms with E-state index in [1.165, 1.54) is 19.1 Å². The highest BCUT2D eigenvalue weighted by atomic mass is 127. The molecule has 0 aliphatic rings. The SMILES string of the molecule is CCCCCN=C(NCC)NCCOCCS(C)(=O)=O.I.